The number of benzene rings is 1. The first kappa shape index (κ1) is 14.4. The smallest absolute Gasteiger partial charge is 0.323 e. The van der Waals surface area contributed by atoms with E-state index in [1.54, 1.807) is 6.20 Å². The van der Waals surface area contributed by atoms with E-state index in [1.165, 1.54) is 24.9 Å². The highest BCUT2D eigenvalue weighted by Gasteiger charge is 2.10. The number of anilines is 2. The van der Waals surface area contributed by atoms with E-state index in [1.807, 2.05) is 26.0 Å². The van der Waals surface area contributed by atoms with Crippen LogP contribution in [0.25, 0.3) is 0 Å². The van der Waals surface area contributed by atoms with Gasteiger partial charge >= 0.3 is 6.03 Å². The summed E-state index contributed by atoms with van der Waals surface area (Å²) in [5.74, 6) is 0. The lowest BCUT2D eigenvalue weighted by molar-refractivity contribution is 0.255. The zero-order valence-electron chi connectivity index (χ0n) is 12.3. The Balaban J connectivity index is 1.90. The molecule has 2 amide bonds. The Morgan fingerprint density at radius 3 is 2.35 bits per heavy atom. The lowest BCUT2D eigenvalue weighted by Crippen LogP contribution is -2.29. The molecule has 0 aromatic heterocycles. The highest BCUT2D eigenvalue weighted by Crippen LogP contribution is 2.21. The number of piperidine rings is 1. The molecular weight excluding hydrogens is 250 g/mol. The average Bonchev–Trinajstić information content (AvgIpc) is 2.47. The Morgan fingerprint density at radius 2 is 1.75 bits per heavy atom. The summed E-state index contributed by atoms with van der Waals surface area (Å²) in [6.45, 7) is 6.14. The number of carbonyl (C=O) groups excluding carboxylic acids is 1. The lowest BCUT2D eigenvalue weighted by atomic mass is 10.1. The molecule has 0 saturated carbocycles. The normalized spacial score (nSPS) is 14.6. The van der Waals surface area contributed by atoms with Crippen LogP contribution in [0, 0.1) is 0 Å². The van der Waals surface area contributed by atoms with Crippen LogP contribution >= 0.6 is 0 Å². The molecule has 0 radical (unpaired) electrons. The van der Waals surface area contributed by atoms with Gasteiger partial charge in [-0.15, -0.1) is 0 Å². The van der Waals surface area contributed by atoms with Gasteiger partial charge in [0.1, 0.15) is 0 Å². The van der Waals surface area contributed by atoms with E-state index in [0.717, 1.165) is 24.4 Å². The summed E-state index contributed by atoms with van der Waals surface area (Å²) in [5, 5.41) is 5.50. The maximum absolute atomic E-state index is 11.6. The maximum atomic E-state index is 11.6. The zero-order chi connectivity index (χ0) is 14.4. The standard InChI is InChI=1S/C16H23N3O/c1-13(2)12-17-16(20)18-14-6-8-15(9-7-14)19-10-4-3-5-11-19/h6-9,12H,3-5,10-11H2,1-2H3,(H2,17,18,20). The van der Waals surface area contributed by atoms with Crippen LogP contribution in [0.1, 0.15) is 33.1 Å². The number of urea groups is 1. The molecule has 0 atom stereocenters. The minimum atomic E-state index is -0.211. The number of allylic oxidation sites excluding steroid dienone is 1. The summed E-state index contributed by atoms with van der Waals surface area (Å²) in [6, 6.07) is 7.83. The summed E-state index contributed by atoms with van der Waals surface area (Å²) in [4.78, 5) is 14.0. The summed E-state index contributed by atoms with van der Waals surface area (Å²) in [5.41, 5.74) is 3.10. The molecule has 20 heavy (non-hydrogen) atoms. The van der Waals surface area contributed by atoms with Gasteiger partial charge in [-0.3, -0.25) is 0 Å². The van der Waals surface area contributed by atoms with Crippen molar-refractivity contribution < 1.29 is 4.79 Å². The van der Waals surface area contributed by atoms with E-state index < -0.39 is 0 Å². The van der Waals surface area contributed by atoms with Crippen LogP contribution in [-0.4, -0.2) is 19.1 Å². The third-order valence-electron chi connectivity index (χ3n) is 3.34. The number of amides is 2. The van der Waals surface area contributed by atoms with E-state index in [4.69, 9.17) is 0 Å². The third kappa shape index (κ3) is 4.30. The van der Waals surface area contributed by atoms with Gasteiger partial charge in [0.05, 0.1) is 0 Å². The topological polar surface area (TPSA) is 44.4 Å². The van der Waals surface area contributed by atoms with E-state index >= 15 is 0 Å². The van der Waals surface area contributed by atoms with Gasteiger partial charge < -0.3 is 15.5 Å². The number of carbonyl (C=O) groups is 1. The Hall–Kier alpha value is -1.97. The molecule has 1 fully saturated rings. The third-order valence-corrected chi connectivity index (χ3v) is 3.34. The van der Waals surface area contributed by atoms with Gasteiger partial charge in [0.2, 0.25) is 0 Å². The van der Waals surface area contributed by atoms with E-state index in [2.05, 4.69) is 27.7 Å². The van der Waals surface area contributed by atoms with Crippen LogP contribution < -0.4 is 15.5 Å². The Kier molecular flexibility index (Phi) is 5.04. The van der Waals surface area contributed by atoms with Crippen molar-refractivity contribution in [1.82, 2.24) is 5.32 Å². The lowest BCUT2D eigenvalue weighted by Gasteiger charge is -2.28. The van der Waals surface area contributed by atoms with Crippen molar-refractivity contribution in [2.45, 2.75) is 33.1 Å². The number of nitrogens with one attached hydrogen (secondary N) is 2. The van der Waals surface area contributed by atoms with Crippen LogP contribution in [0.15, 0.2) is 36.0 Å². The second-order valence-electron chi connectivity index (χ2n) is 5.41. The Bertz CT molecular complexity index is 469. The quantitative estimate of drug-likeness (QED) is 0.881. The number of hydrogen-bond donors (Lipinski definition) is 2. The van der Waals surface area contributed by atoms with E-state index in [9.17, 15) is 4.79 Å². The molecule has 1 heterocycles. The van der Waals surface area contributed by atoms with Crippen LogP contribution in [0.5, 0.6) is 0 Å². The van der Waals surface area contributed by atoms with Crippen LogP contribution in [-0.2, 0) is 0 Å². The van der Waals surface area contributed by atoms with Crippen molar-refractivity contribution in [2.24, 2.45) is 0 Å². The molecule has 2 rings (SSSR count). The average molecular weight is 273 g/mol. The second-order valence-corrected chi connectivity index (χ2v) is 5.41. The van der Waals surface area contributed by atoms with Gasteiger partial charge in [-0.2, -0.15) is 0 Å². The maximum Gasteiger partial charge on any atom is 0.323 e. The Labute approximate surface area is 120 Å². The first-order valence-corrected chi connectivity index (χ1v) is 7.21. The first-order chi connectivity index (χ1) is 9.65. The van der Waals surface area contributed by atoms with Crippen LogP contribution in [0.4, 0.5) is 16.2 Å². The molecule has 0 aliphatic carbocycles. The van der Waals surface area contributed by atoms with E-state index in [0.29, 0.717) is 0 Å². The van der Waals surface area contributed by atoms with Crippen LogP contribution in [0.2, 0.25) is 0 Å². The van der Waals surface area contributed by atoms with Gasteiger partial charge in [0, 0.05) is 30.7 Å². The molecular formula is C16H23N3O. The van der Waals surface area contributed by atoms with Crippen molar-refractivity contribution in [3.63, 3.8) is 0 Å². The predicted octanol–water partition coefficient (Wildman–Crippen LogP) is 3.72. The van der Waals surface area contributed by atoms with Crippen molar-refractivity contribution >= 4 is 17.4 Å². The molecule has 1 aliphatic heterocycles. The monoisotopic (exact) mass is 273 g/mol. The number of rotatable bonds is 3. The van der Waals surface area contributed by atoms with Gasteiger partial charge in [-0.1, -0.05) is 5.57 Å². The SMILES string of the molecule is CC(C)=CNC(=O)Nc1ccc(N2CCCCC2)cc1. The molecule has 1 saturated heterocycles. The molecule has 4 heteroatoms. The molecule has 0 unspecified atom stereocenters. The number of hydrogen-bond acceptors (Lipinski definition) is 2. The first-order valence-electron chi connectivity index (χ1n) is 7.21. The summed E-state index contributed by atoms with van der Waals surface area (Å²) < 4.78 is 0. The molecule has 0 spiro atoms. The van der Waals surface area contributed by atoms with Crippen LogP contribution in [0.3, 0.4) is 0 Å². The molecule has 108 valence electrons. The van der Waals surface area contributed by atoms with Gasteiger partial charge in [-0.25, -0.2) is 4.79 Å². The highest BCUT2D eigenvalue weighted by molar-refractivity contribution is 5.90. The second kappa shape index (κ2) is 6.98. The Morgan fingerprint density at radius 1 is 1.10 bits per heavy atom. The predicted molar refractivity (Wildman–Crippen MR) is 84.1 cm³/mol. The van der Waals surface area contributed by atoms with Gasteiger partial charge in [0.15, 0.2) is 0 Å². The molecule has 1 aliphatic rings. The van der Waals surface area contributed by atoms with Gasteiger partial charge in [-0.05, 0) is 57.4 Å². The minimum Gasteiger partial charge on any atom is -0.372 e. The van der Waals surface area contributed by atoms with E-state index in [-0.39, 0.29) is 6.03 Å². The summed E-state index contributed by atoms with van der Waals surface area (Å²) in [7, 11) is 0. The zero-order valence-corrected chi connectivity index (χ0v) is 12.3. The fraction of sp³-hybridized carbons (Fsp3) is 0.438. The molecule has 2 N–H and O–H groups in total. The summed E-state index contributed by atoms with van der Waals surface area (Å²) in [6.07, 6.45) is 5.56. The number of nitrogens with zero attached hydrogens (tertiary/aromatic N) is 1. The largest absolute Gasteiger partial charge is 0.372 e. The van der Waals surface area contributed by atoms with Gasteiger partial charge in [0.25, 0.3) is 0 Å². The van der Waals surface area contributed by atoms with Crippen molar-refractivity contribution in [3.05, 3.63) is 36.0 Å². The summed E-state index contributed by atoms with van der Waals surface area (Å²) >= 11 is 0. The van der Waals surface area contributed by atoms with Crippen molar-refractivity contribution in [1.29, 1.82) is 0 Å². The molecule has 1 aromatic rings. The minimum absolute atomic E-state index is 0.211. The molecule has 1 aromatic carbocycles. The fourth-order valence-electron chi connectivity index (χ4n) is 2.28. The highest BCUT2D eigenvalue weighted by atomic mass is 16.2. The molecule has 0 bridgehead atoms. The molecule has 4 nitrogen and oxygen atoms in total. The van der Waals surface area contributed by atoms with Crippen molar-refractivity contribution in [2.75, 3.05) is 23.3 Å². The fourth-order valence-corrected chi connectivity index (χ4v) is 2.28. The van der Waals surface area contributed by atoms with Crippen molar-refractivity contribution in [3.8, 4) is 0 Å².